The first-order valence-corrected chi connectivity index (χ1v) is 18.1. The summed E-state index contributed by atoms with van der Waals surface area (Å²) >= 11 is 0. The van der Waals surface area contributed by atoms with Crippen molar-refractivity contribution in [1.29, 1.82) is 0 Å². The van der Waals surface area contributed by atoms with Gasteiger partial charge in [-0.05, 0) is 59.4 Å². The molecule has 2 aromatic rings. The fourth-order valence-electron chi connectivity index (χ4n) is 7.73. The summed E-state index contributed by atoms with van der Waals surface area (Å²) in [5.41, 5.74) is -2.59. The summed E-state index contributed by atoms with van der Waals surface area (Å²) in [6, 6.07) is 2.08. The van der Waals surface area contributed by atoms with Crippen LogP contribution in [-0.2, 0) is 35.3 Å². The molecule has 2 aromatic heterocycles. The Labute approximate surface area is 302 Å². The van der Waals surface area contributed by atoms with Gasteiger partial charge in [-0.2, -0.15) is 0 Å². The Hall–Kier alpha value is -4.59. The van der Waals surface area contributed by atoms with Crippen molar-refractivity contribution >= 4 is 40.6 Å². The highest BCUT2D eigenvalue weighted by atomic mass is 16.6. The number of ether oxygens (including phenoxy) is 4. The van der Waals surface area contributed by atoms with Crippen LogP contribution in [0.25, 0.3) is 11.0 Å². The summed E-state index contributed by atoms with van der Waals surface area (Å²) in [6.45, 7) is 6.38. The molecule has 5 atom stereocenters. The Morgan fingerprint density at radius 3 is 2.62 bits per heavy atom. The number of amides is 2. The zero-order valence-corrected chi connectivity index (χ0v) is 30.5. The number of fused-ring (bicyclic) bond motifs is 5. The van der Waals surface area contributed by atoms with Gasteiger partial charge in [-0.1, -0.05) is 25.0 Å². The van der Waals surface area contributed by atoms with Crippen LogP contribution in [-0.4, -0.2) is 92.6 Å². The zero-order chi connectivity index (χ0) is 37.4. The molecule has 5 heterocycles. The van der Waals surface area contributed by atoms with E-state index in [4.69, 9.17) is 18.9 Å². The third-order valence-electron chi connectivity index (χ3n) is 10.2. The number of rotatable bonds is 6. The highest BCUT2D eigenvalue weighted by Crippen LogP contribution is 2.48. The number of methoxy groups -OCH3 is 1. The number of hydrogen-bond donors (Lipinski definition) is 2. The van der Waals surface area contributed by atoms with Crippen molar-refractivity contribution in [3.05, 3.63) is 35.5 Å². The topological polar surface area (TPSA) is 184 Å². The number of aliphatic hydroxyl groups excluding tert-OH is 1. The van der Waals surface area contributed by atoms with E-state index < -0.39 is 59.1 Å². The van der Waals surface area contributed by atoms with Gasteiger partial charge in [-0.15, -0.1) is 0 Å². The summed E-state index contributed by atoms with van der Waals surface area (Å²) in [5, 5.41) is 13.3. The predicted octanol–water partition coefficient (Wildman–Crippen LogP) is 3.74. The van der Waals surface area contributed by atoms with Crippen molar-refractivity contribution in [2.45, 2.75) is 115 Å². The van der Waals surface area contributed by atoms with Gasteiger partial charge in [-0.3, -0.25) is 19.2 Å². The van der Waals surface area contributed by atoms with Crippen molar-refractivity contribution in [2.75, 3.05) is 20.3 Å². The SMILES string of the molecule is CCOC(=O)[C@@]12C[C@H]1/C=C\CCCCC[C@H](CC(=O)OC(C)(C)C)C(=O)N1C[C@@]3(CC(=O)c4c(c(CO)nc5ccc(OC)nc45)O3)C[C@H]1C(=O)N2. The highest BCUT2D eigenvalue weighted by Gasteiger charge is 2.63. The van der Waals surface area contributed by atoms with Gasteiger partial charge in [0.15, 0.2) is 11.5 Å². The van der Waals surface area contributed by atoms with E-state index in [9.17, 15) is 29.1 Å². The van der Waals surface area contributed by atoms with Gasteiger partial charge >= 0.3 is 11.9 Å². The number of hydrogen-bond acceptors (Lipinski definition) is 12. The van der Waals surface area contributed by atoms with Crippen LogP contribution in [0.3, 0.4) is 0 Å². The third-order valence-corrected chi connectivity index (χ3v) is 10.2. The molecule has 1 saturated carbocycles. The number of carbonyl (C=O) groups is 5. The van der Waals surface area contributed by atoms with E-state index in [-0.39, 0.29) is 72.5 Å². The van der Waals surface area contributed by atoms with E-state index in [1.54, 1.807) is 39.8 Å². The molecular weight excluding hydrogens is 672 g/mol. The highest BCUT2D eigenvalue weighted by molar-refractivity contribution is 6.10. The van der Waals surface area contributed by atoms with Gasteiger partial charge < -0.3 is 34.3 Å². The molecule has 1 saturated heterocycles. The third kappa shape index (κ3) is 7.35. The normalized spacial score (nSPS) is 28.4. The number of Topliss-reactive ketones (excluding diaryl/α,β-unsaturated/α-hetero) is 1. The number of aliphatic hydroxyl groups is 1. The second-order valence-electron chi connectivity index (χ2n) is 15.3. The van der Waals surface area contributed by atoms with Crippen LogP contribution in [0.5, 0.6) is 11.6 Å². The Kier molecular flexibility index (Phi) is 10.3. The molecule has 4 aliphatic rings. The van der Waals surface area contributed by atoms with Crippen molar-refractivity contribution in [2.24, 2.45) is 11.8 Å². The minimum absolute atomic E-state index is 0.0308. The van der Waals surface area contributed by atoms with Crippen LogP contribution in [0.2, 0.25) is 0 Å². The maximum atomic E-state index is 14.7. The number of carbonyl (C=O) groups excluding carboxylic acids is 5. The van der Waals surface area contributed by atoms with Gasteiger partial charge in [-0.25, -0.2) is 14.8 Å². The average molecular weight is 721 g/mol. The lowest BCUT2D eigenvalue weighted by atomic mass is 9.87. The lowest BCUT2D eigenvalue weighted by Crippen LogP contribution is -2.54. The second-order valence-corrected chi connectivity index (χ2v) is 15.3. The van der Waals surface area contributed by atoms with Crippen molar-refractivity contribution < 1.29 is 48.0 Å². The quantitative estimate of drug-likeness (QED) is 0.326. The Morgan fingerprint density at radius 2 is 1.90 bits per heavy atom. The van der Waals surface area contributed by atoms with Crippen LogP contribution in [0, 0.1) is 11.8 Å². The van der Waals surface area contributed by atoms with Crippen LogP contribution in [0.4, 0.5) is 0 Å². The molecule has 52 heavy (non-hydrogen) atoms. The molecular formula is C38H48N4O10. The minimum Gasteiger partial charge on any atom is -0.482 e. The van der Waals surface area contributed by atoms with Crippen LogP contribution in [0.15, 0.2) is 24.3 Å². The molecule has 14 heteroatoms. The molecule has 0 unspecified atom stereocenters. The Balaban J connectivity index is 1.40. The molecule has 0 bridgehead atoms. The van der Waals surface area contributed by atoms with Gasteiger partial charge in [0.05, 0.1) is 50.8 Å². The lowest BCUT2D eigenvalue weighted by Gasteiger charge is -2.35. The number of nitrogens with one attached hydrogen (secondary N) is 1. The van der Waals surface area contributed by atoms with Crippen LogP contribution in [0.1, 0.15) is 102 Å². The maximum Gasteiger partial charge on any atom is 0.332 e. The molecule has 0 aromatic carbocycles. The van der Waals surface area contributed by atoms with Gasteiger partial charge in [0.1, 0.15) is 34.0 Å². The molecule has 6 rings (SSSR count). The smallest absolute Gasteiger partial charge is 0.332 e. The zero-order valence-electron chi connectivity index (χ0n) is 30.5. The van der Waals surface area contributed by atoms with Gasteiger partial charge in [0.25, 0.3) is 0 Å². The van der Waals surface area contributed by atoms with E-state index in [2.05, 4.69) is 15.3 Å². The molecule has 2 amide bonds. The summed E-state index contributed by atoms with van der Waals surface area (Å²) in [6.07, 6.45) is 7.27. The fraction of sp³-hybridized carbons (Fsp3) is 0.605. The summed E-state index contributed by atoms with van der Waals surface area (Å²) < 4.78 is 22.9. The molecule has 3 aliphatic heterocycles. The van der Waals surface area contributed by atoms with Crippen LogP contribution >= 0.6 is 0 Å². The minimum atomic E-state index is -1.39. The number of allylic oxidation sites excluding steroid dienone is 1. The summed E-state index contributed by atoms with van der Waals surface area (Å²) in [5.74, 6) is -3.28. The number of pyridine rings is 2. The second kappa shape index (κ2) is 14.4. The molecule has 280 valence electrons. The molecule has 1 aliphatic carbocycles. The van der Waals surface area contributed by atoms with Crippen molar-refractivity contribution in [1.82, 2.24) is 20.2 Å². The first-order valence-electron chi connectivity index (χ1n) is 18.1. The maximum absolute atomic E-state index is 14.7. The number of aromatic nitrogens is 2. The largest absolute Gasteiger partial charge is 0.482 e. The average Bonchev–Trinajstić information content (AvgIpc) is 3.67. The fourth-order valence-corrected chi connectivity index (χ4v) is 7.73. The van der Waals surface area contributed by atoms with E-state index >= 15 is 0 Å². The van der Waals surface area contributed by atoms with E-state index in [0.717, 1.165) is 19.3 Å². The van der Waals surface area contributed by atoms with E-state index in [0.29, 0.717) is 24.8 Å². The number of nitrogens with zero attached hydrogens (tertiary/aromatic N) is 3. The number of ketones is 1. The molecule has 1 spiro atoms. The van der Waals surface area contributed by atoms with E-state index in [1.165, 1.54) is 12.0 Å². The molecule has 14 nitrogen and oxygen atoms in total. The number of esters is 2. The monoisotopic (exact) mass is 720 g/mol. The van der Waals surface area contributed by atoms with Gasteiger partial charge in [0.2, 0.25) is 17.7 Å². The molecule has 0 radical (unpaired) electrons. The molecule has 2 N–H and O–H groups in total. The molecule has 2 fully saturated rings. The van der Waals surface area contributed by atoms with Crippen molar-refractivity contribution in [3.8, 4) is 11.6 Å². The summed E-state index contributed by atoms with van der Waals surface area (Å²) in [4.78, 5) is 80.1. The predicted molar refractivity (Wildman–Crippen MR) is 186 cm³/mol. The van der Waals surface area contributed by atoms with Crippen LogP contribution < -0.4 is 14.8 Å². The summed E-state index contributed by atoms with van der Waals surface area (Å²) in [7, 11) is 1.45. The first kappa shape index (κ1) is 37.2. The standard InChI is InChI=1S/C38H48N4O10/c1-6-50-35(48)38-17-23(38)13-11-9-7-8-10-12-22(16-29(45)51-36(2,3)4)34(47)42-21-37(18-26(42)33(46)41-38)19-27(44)30-31-24(14-15-28(40-31)49-5)39-25(20-43)32(30)52-37/h11,13-15,22-23,26,43H,6-10,12,16-21H2,1-5H3,(H,41,46)/b13-11-/t22-,23-,26+,37+,38-/m1/s1. The first-order chi connectivity index (χ1) is 24.7. The van der Waals surface area contributed by atoms with Crippen molar-refractivity contribution in [3.63, 3.8) is 0 Å². The van der Waals surface area contributed by atoms with Gasteiger partial charge in [0, 0.05) is 24.3 Å². The Morgan fingerprint density at radius 1 is 1.12 bits per heavy atom. The Bertz CT molecular complexity index is 1800. The lowest BCUT2D eigenvalue weighted by molar-refractivity contribution is -0.159. The van der Waals surface area contributed by atoms with E-state index in [1.807, 2.05) is 12.2 Å².